The average molecular weight is 215 g/mol. The number of carbonyl (C=O) groups is 1. The number of methoxy groups -OCH3 is 1. The van der Waals surface area contributed by atoms with Crippen LogP contribution in [0.3, 0.4) is 0 Å². The number of hydrogen-bond donors (Lipinski definition) is 1. The van der Waals surface area contributed by atoms with Crippen molar-refractivity contribution < 1.29 is 14.3 Å². The fourth-order valence-corrected chi connectivity index (χ4v) is 1.76. The summed E-state index contributed by atoms with van der Waals surface area (Å²) in [5.74, 6) is 0. The third-order valence-electron chi connectivity index (χ3n) is 2.44. The Morgan fingerprint density at radius 2 is 2.00 bits per heavy atom. The maximum Gasteiger partial charge on any atom is 0.407 e. The Balaban J connectivity index is 2.28. The first-order valence-electron chi connectivity index (χ1n) is 5.43. The van der Waals surface area contributed by atoms with Gasteiger partial charge in [-0.2, -0.15) is 0 Å². The Morgan fingerprint density at radius 3 is 2.47 bits per heavy atom. The van der Waals surface area contributed by atoms with Crippen LogP contribution in [0.2, 0.25) is 0 Å². The zero-order valence-corrected chi connectivity index (χ0v) is 10.0. The van der Waals surface area contributed by atoms with Crippen molar-refractivity contribution in [2.24, 2.45) is 0 Å². The molecule has 0 radical (unpaired) electrons. The Morgan fingerprint density at radius 1 is 1.33 bits per heavy atom. The number of ether oxygens (including phenoxy) is 2. The monoisotopic (exact) mass is 215 g/mol. The number of nitrogens with one attached hydrogen (secondary N) is 1. The molecule has 1 rings (SSSR count). The van der Waals surface area contributed by atoms with E-state index in [-0.39, 0.29) is 18.2 Å². The summed E-state index contributed by atoms with van der Waals surface area (Å²) in [6, 6.07) is 0.199. The molecule has 1 amide bonds. The van der Waals surface area contributed by atoms with Crippen LogP contribution < -0.4 is 5.32 Å². The fraction of sp³-hybridized carbons (Fsp3) is 0.909. The summed E-state index contributed by atoms with van der Waals surface area (Å²) in [6.07, 6.45) is 2.82. The maximum atomic E-state index is 11.4. The van der Waals surface area contributed by atoms with Crippen molar-refractivity contribution in [1.82, 2.24) is 5.32 Å². The molecule has 1 N–H and O–H groups in total. The smallest absolute Gasteiger partial charge is 0.407 e. The lowest BCUT2D eigenvalue weighted by Crippen LogP contribution is -2.38. The van der Waals surface area contributed by atoms with Gasteiger partial charge in [-0.25, -0.2) is 4.79 Å². The van der Waals surface area contributed by atoms with Gasteiger partial charge in [0, 0.05) is 13.2 Å². The van der Waals surface area contributed by atoms with Crippen LogP contribution >= 0.6 is 0 Å². The highest BCUT2D eigenvalue weighted by Gasteiger charge is 2.27. The van der Waals surface area contributed by atoms with Crippen molar-refractivity contribution in [3.8, 4) is 0 Å². The number of amides is 1. The zero-order valence-electron chi connectivity index (χ0n) is 10.0. The van der Waals surface area contributed by atoms with Crippen LogP contribution in [-0.2, 0) is 9.47 Å². The minimum Gasteiger partial charge on any atom is -0.444 e. The van der Waals surface area contributed by atoms with Gasteiger partial charge in [0.2, 0.25) is 0 Å². The number of hydrogen-bond acceptors (Lipinski definition) is 3. The SMILES string of the molecule is COC1CCC(NC(=O)OC(C)(C)C)C1. The molecule has 0 saturated heterocycles. The number of alkyl carbamates (subject to hydrolysis) is 1. The minimum atomic E-state index is -0.427. The summed E-state index contributed by atoms with van der Waals surface area (Å²) >= 11 is 0. The summed E-state index contributed by atoms with van der Waals surface area (Å²) in [5, 5.41) is 2.86. The fourth-order valence-electron chi connectivity index (χ4n) is 1.76. The largest absolute Gasteiger partial charge is 0.444 e. The van der Waals surface area contributed by atoms with E-state index in [0.29, 0.717) is 0 Å². The van der Waals surface area contributed by atoms with Crippen molar-refractivity contribution in [3.63, 3.8) is 0 Å². The van der Waals surface area contributed by atoms with E-state index in [1.165, 1.54) is 0 Å². The van der Waals surface area contributed by atoms with E-state index in [2.05, 4.69) is 5.32 Å². The second-order valence-electron chi connectivity index (χ2n) is 5.01. The van der Waals surface area contributed by atoms with Crippen LogP contribution in [-0.4, -0.2) is 30.9 Å². The van der Waals surface area contributed by atoms with E-state index in [1.807, 2.05) is 20.8 Å². The van der Waals surface area contributed by atoms with Crippen LogP contribution in [0, 0.1) is 0 Å². The zero-order chi connectivity index (χ0) is 11.5. The van der Waals surface area contributed by atoms with Crippen LogP contribution in [0.25, 0.3) is 0 Å². The van der Waals surface area contributed by atoms with Gasteiger partial charge in [-0.05, 0) is 40.0 Å². The Labute approximate surface area is 91.3 Å². The molecule has 4 nitrogen and oxygen atoms in total. The van der Waals surface area contributed by atoms with Gasteiger partial charge in [-0.15, -0.1) is 0 Å². The molecule has 1 aliphatic carbocycles. The lowest BCUT2D eigenvalue weighted by molar-refractivity contribution is 0.0497. The van der Waals surface area contributed by atoms with Gasteiger partial charge in [0.1, 0.15) is 5.60 Å². The summed E-state index contributed by atoms with van der Waals surface area (Å²) in [5.41, 5.74) is -0.427. The van der Waals surface area contributed by atoms with Crippen molar-refractivity contribution in [3.05, 3.63) is 0 Å². The molecule has 88 valence electrons. The topological polar surface area (TPSA) is 47.6 Å². The van der Waals surface area contributed by atoms with E-state index < -0.39 is 5.60 Å². The minimum absolute atomic E-state index is 0.199. The normalized spacial score (nSPS) is 26.4. The molecule has 0 bridgehead atoms. The molecule has 4 heteroatoms. The van der Waals surface area contributed by atoms with Crippen molar-refractivity contribution in [2.75, 3.05) is 7.11 Å². The third kappa shape index (κ3) is 4.51. The average Bonchev–Trinajstić information content (AvgIpc) is 2.48. The van der Waals surface area contributed by atoms with E-state index in [9.17, 15) is 4.79 Å². The molecule has 15 heavy (non-hydrogen) atoms. The van der Waals surface area contributed by atoms with Crippen LogP contribution in [0.15, 0.2) is 0 Å². The molecule has 1 fully saturated rings. The van der Waals surface area contributed by atoms with Gasteiger partial charge in [-0.3, -0.25) is 0 Å². The molecule has 2 unspecified atom stereocenters. The second-order valence-corrected chi connectivity index (χ2v) is 5.01. The second kappa shape index (κ2) is 4.84. The van der Waals surface area contributed by atoms with Gasteiger partial charge < -0.3 is 14.8 Å². The molecule has 0 heterocycles. The van der Waals surface area contributed by atoms with Crippen LogP contribution in [0.4, 0.5) is 4.79 Å². The van der Waals surface area contributed by atoms with E-state index >= 15 is 0 Å². The summed E-state index contributed by atoms with van der Waals surface area (Å²) in [4.78, 5) is 11.4. The predicted octanol–water partition coefficient (Wildman–Crippen LogP) is 2.08. The summed E-state index contributed by atoms with van der Waals surface area (Å²) in [7, 11) is 1.71. The molecule has 0 aromatic carbocycles. The number of carbonyl (C=O) groups excluding carboxylic acids is 1. The van der Waals surface area contributed by atoms with Gasteiger partial charge in [0.15, 0.2) is 0 Å². The summed E-state index contributed by atoms with van der Waals surface area (Å²) in [6.45, 7) is 5.58. The molecule has 0 aromatic rings. The summed E-state index contributed by atoms with van der Waals surface area (Å²) < 4.78 is 10.4. The maximum absolute atomic E-state index is 11.4. The lowest BCUT2D eigenvalue weighted by atomic mass is 10.2. The Kier molecular flexibility index (Phi) is 3.97. The van der Waals surface area contributed by atoms with Gasteiger partial charge in [0.25, 0.3) is 0 Å². The van der Waals surface area contributed by atoms with E-state index in [1.54, 1.807) is 7.11 Å². The molecule has 0 aliphatic heterocycles. The van der Waals surface area contributed by atoms with Crippen molar-refractivity contribution in [2.45, 2.75) is 57.8 Å². The predicted molar refractivity (Wildman–Crippen MR) is 57.8 cm³/mol. The first-order valence-corrected chi connectivity index (χ1v) is 5.43. The Hall–Kier alpha value is -0.770. The van der Waals surface area contributed by atoms with E-state index in [0.717, 1.165) is 19.3 Å². The van der Waals surface area contributed by atoms with Crippen LogP contribution in [0.5, 0.6) is 0 Å². The highest BCUT2D eigenvalue weighted by molar-refractivity contribution is 5.68. The molecular formula is C11H21NO3. The number of rotatable bonds is 2. The van der Waals surface area contributed by atoms with Crippen molar-refractivity contribution in [1.29, 1.82) is 0 Å². The van der Waals surface area contributed by atoms with Crippen molar-refractivity contribution >= 4 is 6.09 Å². The molecule has 2 atom stereocenters. The Bertz CT molecular complexity index is 222. The molecule has 0 spiro atoms. The molecule has 1 aliphatic rings. The van der Waals surface area contributed by atoms with Gasteiger partial charge >= 0.3 is 6.09 Å². The highest BCUT2D eigenvalue weighted by atomic mass is 16.6. The first kappa shape index (κ1) is 12.3. The van der Waals surface area contributed by atoms with Gasteiger partial charge in [-0.1, -0.05) is 0 Å². The van der Waals surface area contributed by atoms with Crippen LogP contribution in [0.1, 0.15) is 40.0 Å². The van der Waals surface area contributed by atoms with E-state index in [4.69, 9.17) is 9.47 Å². The standard InChI is InChI=1S/C11H21NO3/c1-11(2,3)15-10(13)12-8-5-6-9(7-8)14-4/h8-9H,5-7H2,1-4H3,(H,12,13). The molecule has 0 aromatic heterocycles. The highest BCUT2D eigenvalue weighted by Crippen LogP contribution is 2.21. The third-order valence-corrected chi connectivity index (χ3v) is 2.44. The molecular weight excluding hydrogens is 194 g/mol. The first-order chi connectivity index (χ1) is 6.90. The molecule has 1 saturated carbocycles. The lowest BCUT2D eigenvalue weighted by Gasteiger charge is -2.21. The quantitative estimate of drug-likeness (QED) is 0.767. The van der Waals surface area contributed by atoms with Gasteiger partial charge in [0.05, 0.1) is 6.10 Å².